The zero-order chi connectivity index (χ0) is 14.4. The molecule has 0 atom stereocenters. The normalized spacial score (nSPS) is 10.1. The first kappa shape index (κ1) is 14.0. The van der Waals surface area contributed by atoms with Crippen LogP contribution in [0.2, 0.25) is 0 Å². The molecule has 20 heavy (non-hydrogen) atoms. The van der Waals surface area contributed by atoms with Crippen molar-refractivity contribution in [3.05, 3.63) is 65.0 Å². The Morgan fingerprint density at radius 3 is 2.75 bits per heavy atom. The third-order valence-electron chi connectivity index (χ3n) is 2.89. The highest BCUT2D eigenvalue weighted by Gasteiger charge is 2.03. The summed E-state index contributed by atoms with van der Waals surface area (Å²) in [6, 6.07) is 13.9. The van der Waals surface area contributed by atoms with Gasteiger partial charge in [-0.25, -0.2) is 4.39 Å². The molecular formula is C16H15FN2O. The van der Waals surface area contributed by atoms with E-state index >= 15 is 0 Å². The fourth-order valence-corrected chi connectivity index (χ4v) is 1.87. The summed E-state index contributed by atoms with van der Waals surface area (Å²) in [5.41, 5.74) is 7.41. The van der Waals surface area contributed by atoms with Gasteiger partial charge in [0.05, 0.1) is 5.56 Å². The lowest BCUT2D eigenvalue weighted by Gasteiger charge is -2.08. The number of ether oxygens (including phenoxy) is 1. The van der Waals surface area contributed by atoms with Crippen molar-refractivity contribution in [1.29, 1.82) is 5.26 Å². The Hall–Kier alpha value is -2.38. The summed E-state index contributed by atoms with van der Waals surface area (Å²) in [6.45, 7) is 0.883. The topological polar surface area (TPSA) is 59.0 Å². The molecule has 0 saturated carbocycles. The molecule has 0 aliphatic rings. The summed E-state index contributed by atoms with van der Waals surface area (Å²) in [4.78, 5) is 0. The van der Waals surface area contributed by atoms with E-state index < -0.39 is 5.82 Å². The summed E-state index contributed by atoms with van der Waals surface area (Å²) >= 11 is 0. The third-order valence-corrected chi connectivity index (χ3v) is 2.89. The van der Waals surface area contributed by atoms with Crippen LogP contribution in [0.25, 0.3) is 0 Å². The number of benzene rings is 2. The van der Waals surface area contributed by atoms with Crippen molar-refractivity contribution in [3.63, 3.8) is 0 Å². The van der Waals surface area contributed by atoms with Crippen molar-refractivity contribution < 1.29 is 9.13 Å². The third kappa shape index (κ3) is 3.56. The van der Waals surface area contributed by atoms with Crippen LogP contribution in [0.4, 0.5) is 4.39 Å². The van der Waals surface area contributed by atoms with Crippen LogP contribution >= 0.6 is 0 Å². The lowest BCUT2D eigenvalue weighted by Crippen LogP contribution is -2.03. The molecule has 0 radical (unpaired) electrons. The summed E-state index contributed by atoms with van der Waals surface area (Å²) in [5, 5.41) is 8.78. The Morgan fingerprint density at radius 2 is 2.00 bits per heavy atom. The van der Waals surface area contributed by atoms with E-state index in [1.807, 2.05) is 30.3 Å². The molecule has 2 rings (SSSR count). The maximum Gasteiger partial charge on any atom is 0.140 e. The fraction of sp³-hybridized carbons (Fsp3) is 0.188. The monoisotopic (exact) mass is 270 g/mol. The molecule has 0 spiro atoms. The van der Waals surface area contributed by atoms with Gasteiger partial charge in [-0.15, -0.1) is 0 Å². The number of nitrogens with zero attached hydrogens (tertiary/aromatic N) is 1. The molecule has 0 unspecified atom stereocenters. The number of hydrogen-bond acceptors (Lipinski definition) is 3. The van der Waals surface area contributed by atoms with Crippen LogP contribution in [0.3, 0.4) is 0 Å². The summed E-state index contributed by atoms with van der Waals surface area (Å²) in [7, 11) is 0. The van der Waals surface area contributed by atoms with E-state index in [2.05, 4.69) is 0 Å². The number of rotatable bonds is 5. The van der Waals surface area contributed by atoms with Crippen molar-refractivity contribution in [2.24, 2.45) is 5.73 Å². The predicted molar refractivity (Wildman–Crippen MR) is 74.6 cm³/mol. The predicted octanol–water partition coefficient (Wildman–Crippen LogP) is 2.78. The van der Waals surface area contributed by atoms with Gasteiger partial charge in [-0.3, -0.25) is 0 Å². The van der Waals surface area contributed by atoms with Gasteiger partial charge in [0.1, 0.15) is 24.2 Å². The van der Waals surface area contributed by atoms with E-state index in [1.54, 1.807) is 6.07 Å². The van der Waals surface area contributed by atoms with Crippen LogP contribution < -0.4 is 10.5 Å². The highest BCUT2D eigenvalue weighted by Crippen LogP contribution is 2.16. The van der Waals surface area contributed by atoms with Crippen LogP contribution in [-0.2, 0) is 13.0 Å². The van der Waals surface area contributed by atoms with E-state index in [0.717, 1.165) is 23.3 Å². The first-order valence-corrected chi connectivity index (χ1v) is 6.33. The minimum Gasteiger partial charge on any atom is -0.489 e. The molecule has 3 nitrogen and oxygen atoms in total. The molecule has 0 aromatic heterocycles. The summed E-state index contributed by atoms with van der Waals surface area (Å²) < 4.78 is 18.8. The van der Waals surface area contributed by atoms with Gasteiger partial charge in [0, 0.05) is 0 Å². The van der Waals surface area contributed by atoms with Crippen LogP contribution in [0.1, 0.15) is 16.7 Å². The largest absolute Gasteiger partial charge is 0.489 e. The first-order chi connectivity index (χ1) is 9.72. The summed E-state index contributed by atoms with van der Waals surface area (Å²) in [5.74, 6) is 0.222. The average molecular weight is 270 g/mol. The molecule has 0 aliphatic carbocycles. The smallest absolute Gasteiger partial charge is 0.140 e. The number of halogens is 1. The maximum absolute atomic E-state index is 13.2. The molecule has 4 heteroatoms. The van der Waals surface area contributed by atoms with Gasteiger partial charge in [-0.1, -0.05) is 18.2 Å². The minimum absolute atomic E-state index is 0.0305. The zero-order valence-corrected chi connectivity index (χ0v) is 11.0. The van der Waals surface area contributed by atoms with Crippen LogP contribution in [0.5, 0.6) is 5.75 Å². The number of hydrogen-bond donors (Lipinski definition) is 1. The molecule has 0 saturated heterocycles. The van der Waals surface area contributed by atoms with Crippen molar-refractivity contribution in [2.75, 3.05) is 6.54 Å². The molecule has 0 bridgehead atoms. The van der Waals surface area contributed by atoms with E-state index in [4.69, 9.17) is 15.7 Å². The molecule has 2 aromatic carbocycles. The average Bonchev–Trinajstić information content (AvgIpc) is 2.47. The van der Waals surface area contributed by atoms with Crippen molar-refractivity contribution in [2.45, 2.75) is 13.0 Å². The van der Waals surface area contributed by atoms with Gasteiger partial charge in [0.15, 0.2) is 0 Å². The molecule has 102 valence electrons. The van der Waals surface area contributed by atoms with Crippen molar-refractivity contribution in [1.82, 2.24) is 0 Å². The first-order valence-electron chi connectivity index (χ1n) is 6.33. The Bertz CT molecular complexity index is 635. The van der Waals surface area contributed by atoms with Gasteiger partial charge in [0.25, 0.3) is 0 Å². The van der Waals surface area contributed by atoms with Gasteiger partial charge in [-0.2, -0.15) is 5.26 Å². The van der Waals surface area contributed by atoms with Gasteiger partial charge >= 0.3 is 0 Å². The highest BCUT2D eigenvalue weighted by atomic mass is 19.1. The van der Waals surface area contributed by atoms with Crippen LogP contribution in [0.15, 0.2) is 42.5 Å². The maximum atomic E-state index is 13.2. The zero-order valence-electron chi connectivity index (χ0n) is 11.0. The Balaban J connectivity index is 2.05. The Morgan fingerprint density at radius 1 is 1.15 bits per heavy atom. The van der Waals surface area contributed by atoms with Crippen molar-refractivity contribution in [3.8, 4) is 11.8 Å². The second-order valence-corrected chi connectivity index (χ2v) is 4.40. The second kappa shape index (κ2) is 6.69. The van der Waals surface area contributed by atoms with Gasteiger partial charge < -0.3 is 10.5 Å². The number of nitriles is 1. The van der Waals surface area contributed by atoms with Gasteiger partial charge in [-0.05, 0) is 48.4 Å². The highest BCUT2D eigenvalue weighted by molar-refractivity contribution is 5.35. The lowest BCUT2D eigenvalue weighted by atomic mass is 10.1. The number of nitrogens with two attached hydrogens (primary N) is 1. The molecule has 2 N–H and O–H groups in total. The van der Waals surface area contributed by atoms with Crippen LogP contribution in [0, 0.1) is 17.1 Å². The van der Waals surface area contributed by atoms with Gasteiger partial charge in [0.2, 0.25) is 0 Å². The van der Waals surface area contributed by atoms with Crippen LogP contribution in [-0.4, -0.2) is 6.54 Å². The minimum atomic E-state index is -0.513. The SMILES string of the molecule is N#Cc1cc(COc2cccc(CCN)c2)ccc1F. The van der Waals surface area contributed by atoms with Crippen molar-refractivity contribution >= 4 is 0 Å². The van der Waals surface area contributed by atoms with E-state index in [-0.39, 0.29) is 5.56 Å². The van der Waals surface area contributed by atoms with E-state index in [9.17, 15) is 4.39 Å². The molecule has 0 amide bonds. The lowest BCUT2D eigenvalue weighted by molar-refractivity contribution is 0.305. The molecule has 0 heterocycles. The molecule has 0 aliphatic heterocycles. The standard InChI is InChI=1S/C16H15FN2O/c17-16-5-4-13(8-14(16)10-19)11-20-15-3-1-2-12(9-15)6-7-18/h1-5,8-9H,6-7,11,18H2. The second-order valence-electron chi connectivity index (χ2n) is 4.40. The summed E-state index contributed by atoms with van der Waals surface area (Å²) in [6.07, 6.45) is 0.798. The molecule has 2 aromatic rings. The quantitative estimate of drug-likeness (QED) is 0.908. The Labute approximate surface area is 117 Å². The fourth-order valence-electron chi connectivity index (χ4n) is 1.87. The molecule has 0 fully saturated rings. The van der Waals surface area contributed by atoms with E-state index in [0.29, 0.717) is 13.2 Å². The molecular weight excluding hydrogens is 255 g/mol. The van der Waals surface area contributed by atoms with E-state index in [1.165, 1.54) is 12.1 Å². The Kier molecular flexibility index (Phi) is 4.70.